The molecule has 0 fully saturated rings. The zero-order chi connectivity index (χ0) is 6.85. The van der Waals surface area contributed by atoms with Crippen LogP contribution in [-0.2, 0) is 32.7 Å². The summed E-state index contributed by atoms with van der Waals surface area (Å²) in [5.41, 5.74) is 1.09. The molecule has 0 aliphatic rings. The molecule has 53 valence electrons. The summed E-state index contributed by atoms with van der Waals surface area (Å²) < 4.78 is 0. The molecule has 0 aromatic carbocycles. The zero-order valence-electron chi connectivity index (χ0n) is 6.60. The van der Waals surface area contributed by atoms with Crippen LogP contribution in [-0.4, -0.2) is 9.97 Å². The number of imidazole rings is 1. The van der Waals surface area contributed by atoms with E-state index in [1.807, 2.05) is 6.92 Å². The van der Waals surface area contributed by atoms with Crippen LogP contribution in [0.4, 0.5) is 0 Å². The minimum atomic E-state index is 0. The average molecular weight is 212 g/mol. The third kappa shape index (κ3) is 2.51. The smallest absolute Gasteiger partial charge is 0 e. The van der Waals surface area contributed by atoms with E-state index in [9.17, 15) is 0 Å². The number of rotatable bonds is 1. The number of nitrogens with zero attached hydrogens (tertiary/aromatic N) is 1. The Bertz CT molecular complexity index is 193. The SMILES string of the molecule is Cc1n[c-]c(C(C)C)[nH]1.[Y]. The first-order valence-corrected chi connectivity index (χ1v) is 3.14. The number of hydrogen-bond acceptors (Lipinski definition) is 1. The van der Waals surface area contributed by atoms with Crippen molar-refractivity contribution in [2.24, 2.45) is 0 Å². The Morgan fingerprint density at radius 1 is 1.50 bits per heavy atom. The third-order valence-corrected chi connectivity index (χ3v) is 1.24. The summed E-state index contributed by atoms with van der Waals surface area (Å²) in [6.07, 6.45) is 2.90. The van der Waals surface area contributed by atoms with Crippen molar-refractivity contribution in [2.75, 3.05) is 0 Å². The van der Waals surface area contributed by atoms with Crippen LogP contribution in [0.2, 0.25) is 0 Å². The molecule has 0 aliphatic carbocycles. The molecular formula is C7H11N2Y-. The van der Waals surface area contributed by atoms with Crippen molar-refractivity contribution in [1.82, 2.24) is 9.97 Å². The van der Waals surface area contributed by atoms with Gasteiger partial charge in [-0.05, 0) is 5.92 Å². The molecule has 0 atom stereocenters. The van der Waals surface area contributed by atoms with Gasteiger partial charge in [0.2, 0.25) is 0 Å². The Hall–Kier alpha value is 0.314. The molecule has 1 radical (unpaired) electrons. The molecule has 0 amide bonds. The summed E-state index contributed by atoms with van der Waals surface area (Å²) in [6, 6.07) is 0. The van der Waals surface area contributed by atoms with Crippen molar-refractivity contribution in [3.63, 3.8) is 0 Å². The van der Waals surface area contributed by atoms with Crippen LogP contribution in [0.5, 0.6) is 0 Å². The fraction of sp³-hybridized carbons (Fsp3) is 0.571. The second-order valence-corrected chi connectivity index (χ2v) is 2.50. The van der Waals surface area contributed by atoms with Gasteiger partial charge in [-0.3, -0.25) is 0 Å². The van der Waals surface area contributed by atoms with E-state index < -0.39 is 0 Å². The second-order valence-electron chi connectivity index (χ2n) is 2.50. The Labute approximate surface area is 86.7 Å². The fourth-order valence-corrected chi connectivity index (χ4v) is 0.668. The van der Waals surface area contributed by atoms with Crippen molar-refractivity contribution in [3.05, 3.63) is 17.7 Å². The Kier molecular flexibility index (Phi) is 4.38. The van der Waals surface area contributed by atoms with E-state index in [2.05, 4.69) is 30.0 Å². The van der Waals surface area contributed by atoms with Crippen LogP contribution < -0.4 is 0 Å². The maximum atomic E-state index is 3.96. The minimum absolute atomic E-state index is 0. The summed E-state index contributed by atoms with van der Waals surface area (Å²) in [5.74, 6) is 1.45. The molecule has 0 bridgehead atoms. The van der Waals surface area contributed by atoms with Gasteiger partial charge in [-0.2, -0.15) is 0 Å². The molecule has 2 nitrogen and oxygen atoms in total. The van der Waals surface area contributed by atoms with Gasteiger partial charge in [0.25, 0.3) is 0 Å². The molecule has 3 heteroatoms. The zero-order valence-corrected chi connectivity index (χ0v) is 9.44. The first-order chi connectivity index (χ1) is 4.20. The second kappa shape index (κ2) is 4.25. The van der Waals surface area contributed by atoms with Crippen LogP contribution in [0.15, 0.2) is 0 Å². The van der Waals surface area contributed by atoms with Crippen LogP contribution in [0, 0.1) is 13.1 Å². The Morgan fingerprint density at radius 3 is 2.30 bits per heavy atom. The molecule has 1 aromatic heterocycles. The van der Waals surface area contributed by atoms with E-state index in [1.54, 1.807) is 0 Å². The molecule has 1 rings (SSSR count). The molecule has 10 heavy (non-hydrogen) atoms. The predicted molar refractivity (Wildman–Crippen MR) is 36.2 cm³/mol. The minimum Gasteiger partial charge on any atom is -0.439 e. The van der Waals surface area contributed by atoms with Crippen LogP contribution >= 0.6 is 0 Å². The Morgan fingerprint density at radius 2 is 2.10 bits per heavy atom. The monoisotopic (exact) mass is 212 g/mol. The topological polar surface area (TPSA) is 28.7 Å². The standard InChI is InChI=1S/C7H11N2.Y/c1-5(2)7-4-8-6(3)9-7;/h5H,1-3H3,(H,8,9);/q-1;. The number of hydrogen-bond donors (Lipinski definition) is 1. The van der Waals surface area contributed by atoms with Crippen molar-refractivity contribution in [1.29, 1.82) is 0 Å². The molecule has 0 aliphatic heterocycles. The molecule has 1 N–H and O–H groups in total. The molecule has 0 saturated carbocycles. The van der Waals surface area contributed by atoms with Gasteiger partial charge in [-0.1, -0.05) is 32.3 Å². The van der Waals surface area contributed by atoms with Crippen LogP contribution in [0.1, 0.15) is 31.3 Å². The molecule has 1 heterocycles. The Balaban J connectivity index is 0.000000810. The normalized spacial score (nSPS) is 9.60. The largest absolute Gasteiger partial charge is 0.439 e. The van der Waals surface area contributed by atoms with Crippen molar-refractivity contribution < 1.29 is 32.7 Å². The molecular weight excluding hydrogens is 201 g/mol. The maximum Gasteiger partial charge on any atom is 0 e. The summed E-state index contributed by atoms with van der Waals surface area (Å²) in [7, 11) is 0. The van der Waals surface area contributed by atoms with E-state index >= 15 is 0 Å². The maximum absolute atomic E-state index is 3.96. The summed E-state index contributed by atoms with van der Waals surface area (Å²) in [6.45, 7) is 6.16. The number of aryl methyl sites for hydroxylation is 1. The van der Waals surface area contributed by atoms with Crippen molar-refractivity contribution in [3.8, 4) is 0 Å². The van der Waals surface area contributed by atoms with Gasteiger partial charge in [0, 0.05) is 32.7 Å². The van der Waals surface area contributed by atoms with Gasteiger partial charge in [-0.15, -0.1) is 6.20 Å². The fourth-order valence-electron chi connectivity index (χ4n) is 0.668. The van der Waals surface area contributed by atoms with Gasteiger partial charge < -0.3 is 9.97 Å². The van der Waals surface area contributed by atoms with Gasteiger partial charge in [0.05, 0.1) is 0 Å². The molecule has 1 aromatic rings. The average Bonchev–Trinajstić information content (AvgIpc) is 2.14. The number of aromatic nitrogens is 2. The van der Waals surface area contributed by atoms with E-state index in [0.29, 0.717) is 5.92 Å². The van der Waals surface area contributed by atoms with Crippen molar-refractivity contribution >= 4 is 0 Å². The van der Waals surface area contributed by atoms with E-state index in [4.69, 9.17) is 0 Å². The van der Waals surface area contributed by atoms with Crippen molar-refractivity contribution in [2.45, 2.75) is 26.7 Å². The predicted octanol–water partition coefficient (Wildman–Crippen LogP) is 1.64. The number of nitrogens with one attached hydrogen (secondary N) is 1. The number of aromatic amines is 1. The summed E-state index contributed by atoms with van der Waals surface area (Å²) in [5, 5.41) is 0. The van der Waals surface area contributed by atoms with Gasteiger partial charge in [0.1, 0.15) is 0 Å². The summed E-state index contributed by atoms with van der Waals surface area (Å²) in [4.78, 5) is 7.07. The first kappa shape index (κ1) is 10.3. The molecule has 0 saturated heterocycles. The van der Waals surface area contributed by atoms with Crippen LogP contribution in [0.25, 0.3) is 0 Å². The quantitative estimate of drug-likeness (QED) is 0.704. The van der Waals surface area contributed by atoms with Gasteiger partial charge in [-0.25, -0.2) is 0 Å². The van der Waals surface area contributed by atoms with E-state index in [-0.39, 0.29) is 32.7 Å². The number of H-pyrrole nitrogens is 1. The van der Waals surface area contributed by atoms with Gasteiger partial charge >= 0.3 is 0 Å². The van der Waals surface area contributed by atoms with E-state index in [0.717, 1.165) is 11.5 Å². The first-order valence-electron chi connectivity index (χ1n) is 3.14. The van der Waals surface area contributed by atoms with Crippen LogP contribution in [0.3, 0.4) is 0 Å². The van der Waals surface area contributed by atoms with Gasteiger partial charge in [0.15, 0.2) is 0 Å². The van der Waals surface area contributed by atoms with E-state index in [1.165, 1.54) is 0 Å². The summed E-state index contributed by atoms with van der Waals surface area (Å²) >= 11 is 0. The third-order valence-electron chi connectivity index (χ3n) is 1.24. The molecule has 0 spiro atoms. The molecule has 0 unspecified atom stereocenters.